The predicted octanol–water partition coefficient (Wildman–Crippen LogP) is -1.06. The van der Waals surface area contributed by atoms with E-state index in [-0.39, 0.29) is 6.61 Å². The number of aliphatic hydroxyl groups is 1. The molecule has 0 atom stereocenters. The Morgan fingerprint density at radius 2 is 1.59 bits per heavy atom. The lowest BCUT2D eigenvalue weighted by molar-refractivity contribution is -0.139. The fraction of sp³-hybridized carbons (Fsp3) is 0.818. The van der Waals surface area contributed by atoms with Gasteiger partial charge >= 0.3 is 11.8 Å². The summed E-state index contributed by atoms with van der Waals surface area (Å²) in [7, 11) is 3.79. The zero-order chi connectivity index (χ0) is 13.1. The van der Waals surface area contributed by atoms with Crippen molar-refractivity contribution in [2.45, 2.75) is 19.3 Å². The van der Waals surface area contributed by atoms with Gasteiger partial charge < -0.3 is 20.6 Å². The first kappa shape index (κ1) is 15.9. The molecule has 17 heavy (non-hydrogen) atoms. The van der Waals surface area contributed by atoms with Crippen molar-refractivity contribution in [3.63, 3.8) is 0 Å². The van der Waals surface area contributed by atoms with Gasteiger partial charge in [0.05, 0.1) is 0 Å². The van der Waals surface area contributed by atoms with Crippen LogP contribution in [-0.4, -0.2) is 62.2 Å². The number of likely N-dealkylation sites (N-methyl/N-ethyl adjacent to an activating group) is 1. The van der Waals surface area contributed by atoms with E-state index in [0.717, 1.165) is 19.3 Å². The van der Waals surface area contributed by atoms with E-state index in [1.807, 2.05) is 19.0 Å². The summed E-state index contributed by atoms with van der Waals surface area (Å²) in [5.74, 6) is -1.18. The van der Waals surface area contributed by atoms with Crippen LogP contribution in [0, 0.1) is 0 Å². The van der Waals surface area contributed by atoms with Crippen molar-refractivity contribution in [2.24, 2.45) is 0 Å². The van der Waals surface area contributed by atoms with Crippen LogP contribution in [0.4, 0.5) is 0 Å². The number of carbonyl (C=O) groups is 2. The summed E-state index contributed by atoms with van der Waals surface area (Å²) in [5, 5.41) is 13.6. The molecule has 0 aromatic carbocycles. The molecule has 0 aliphatic carbocycles. The Morgan fingerprint density at radius 1 is 1.00 bits per heavy atom. The summed E-state index contributed by atoms with van der Waals surface area (Å²) in [6.45, 7) is 1.80. The third kappa shape index (κ3) is 9.77. The van der Waals surface area contributed by atoms with Gasteiger partial charge in [-0.1, -0.05) is 0 Å². The van der Waals surface area contributed by atoms with E-state index in [0.29, 0.717) is 19.6 Å². The van der Waals surface area contributed by atoms with Crippen LogP contribution in [0.5, 0.6) is 0 Å². The number of nitrogens with zero attached hydrogens (tertiary/aromatic N) is 1. The van der Waals surface area contributed by atoms with Gasteiger partial charge in [0, 0.05) is 26.2 Å². The van der Waals surface area contributed by atoms with Gasteiger partial charge in [0.2, 0.25) is 0 Å². The van der Waals surface area contributed by atoms with Crippen LogP contribution in [0.25, 0.3) is 0 Å². The maximum absolute atomic E-state index is 11.3. The Balaban J connectivity index is 3.51. The summed E-state index contributed by atoms with van der Waals surface area (Å²) in [6, 6.07) is 0. The van der Waals surface area contributed by atoms with E-state index in [2.05, 4.69) is 10.6 Å². The summed E-state index contributed by atoms with van der Waals surface area (Å²) < 4.78 is 0. The lowest BCUT2D eigenvalue weighted by atomic mass is 10.2. The number of nitrogens with one attached hydrogen (secondary N) is 2. The smallest absolute Gasteiger partial charge is 0.309 e. The summed E-state index contributed by atoms with van der Waals surface area (Å²) in [4.78, 5) is 24.5. The number of hydrogen-bond donors (Lipinski definition) is 3. The second-order valence-corrected chi connectivity index (χ2v) is 4.10. The van der Waals surface area contributed by atoms with Crippen LogP contribution in [0.15, 0.2) is 0 Å². The lowest BCUT2D eigenvalue weighted by Crippen LogP contribution is -2.42. The molecule has 0 rings (SSSR count). The third-order valence-corrected chi connectivity index (χ3v) is 2.17. The summed E-state index contributed by atoms with van der Waals surface area (Å²) in [6.07, 6.45) is 2.35. The molecule has 0 fully saturated rings. The highest BCUT2D eigenvalue weighted by Crippen LogP contribution is 1.91. The molecule has 0 aromatic rings. The van der Waals surface area contributed by atoms with Crippen LogP contribution in [0.2, 0.25) is 0 Å². The van der Waals surface area contributed by atoms with Gasteiger partial charge in [0.25, 0.3) is 0 Å². The minimum atomic E-state index is -0.590. The first-order chi connectivity index (χ1) is 8.07. The maximum atomic E-state index is 11.3. The average molecular weight is 245 g/mol. The number of hydrogen-bond acceptors (Lipinski definition) is 4. The van der Waals surface area contributed by atoms with Crippen LogP contribution in [-0.2, 0) is 9.59 Å². The lowest BCUT2D eigenvalue weighted by Gasteiger charge is -2.10. The van der Waals surface area contributed by atoms with E-state index in [9.17, 15) is 9.59 Å². The van der Waals surface area contributed by atoms with Gasteiger partial charge in [-0.25, -0.2) is 0 Å². The largest absolute Gasteiger partial charge is 0.396 e. The molecular formula is C11H23N3O3. The molecule has 0 heterocycles. The van der Waals surface area contributed by atoms with E-state index in [1.165, 1.54) is 0 Å². The standard InChI is InChI=1S/C11H23N3O3/c1-14(2)8-7-13-11(17)10(16)12-6-4-3-5-9-15/h15H,3-9H2,1-2H3,(H,12,16)(H,13,17). The minimum Gasteiger partial charge on any atom is -0.396 e. The number of aliphatic hydroxyl groups excluding tert-OH is 1. The van der Waals surface area contributed by atoms with Gasteiger partial charge in [0.1, 0.15) is 0 Å². The Labute approximate surface area is 102 Å². The van der Waals surface area contributed by atoms with Crippen molar-refractivity contribution in [1.29, 1.82) is 0 Å². The molecule has 2 amide bonds. The Morgan fingerprint density at radius 3 is 2.12 bits per heavy atom. The molecule has 6 heteroatoms. The number of amides is 2. The van der Waals surface area contributed by atoms with Gasteiger partial charge in [-0.3, -0.25) is 9.59 Å². The summed E-state index contributed by atoms with van der Waals surface area (Å²) in [5.41, 5.74) is 0. The molecule has 0 unspecified atom stereocenters. The van der Waals surface area contributed by atoms with Crippen molar-refractivity contribution in [3.8, 4) is 0 Å². The van der Waals surface area contributed by atoms with Crippen LogP contribution in [0.3, 0.4) is 0 Å². The average Bonchev–Trinajstić information content (AvgIpc) is 2.27. The molecule has 0 saturated heterocycles. The zero-order valence-electron chi connectivity index (χ0n) is 10.7. The van der Waals surface area contributed by atoms with E-state index in [4.69, 9.17) is 5.11 Å². The molecular weight excluding hydrogens is 222 g/mol. The van der Waals surface area contributed by atoms with Gasteiger partial charge in [-0.05, 0) is 33.4 Å². The van der Waals surface area contributed by atoms with Crippen molar-refractivity contribution >= 4 is 11.8 Å². The molecule has 0 aliphatic heterocycles. The quantitative estimate of drug-likeness (QED) is 0.376. The third-order valence-electron chi connectivity index (χ3n) is 2.17. The van der Waals surface area contributed by atoms with E-state index in [1.54, 1.807) is 0 Å². The van der Waals surface area contributed by atoms with E-state index < -0.39 is 11.8 Å². The summed E-state index contributed by atoms with van der Waals surface area (Å²) >= 11 is 0. The van der Waals surface area contributed by atoms with Gasteiger partial charge in [-0.15, -0.1) is 0 Å². The molecule has 0 aromatic heterocycles. The number of rotatable bonds is 8. The first-order valence-corrected chi connectivity index (χ1v) is 5.89. The molecule has 0 aliphatic rings. The fourth-order valence-electron chi connectivity index (χ4n) is 1.17. The maximum Gasteiger partial charge on any atom is 0.309 e. The molecule has 0 bridgehead atoms. The first-order valence-electron chi connectivity index (χ1n) is 5.89. The van der Waals surface area contributed by atoms with Crippen LogP contribution >= 0.6 is 0 Å². The van der Waals surface area contributed by atoms with Crippen molar-refractivity contribution in [2.75, 3.05) is 40.3 Å². The minimum absolute atomic E-state index is 0.166. The second-order valence-electron chi connectivity index (χ2n) is 4.10. The molecule has 3 N–H and O–H groups in total. The van der Waals surface area contributed by atoms with Gasteiger partial charge in [-0.2, -0.15) is 0 Å². The number of unbranched alkanes of at least 4 members (excludes halogenated alkanes) is 2. The monoisotopic (exact) mass is 245 g/mol. The highest BCUT2D eigenvalue weighted by atomic mass is 16.3. The fourth-order valence-corrected chi connectivity index (χ4v) is 1.17. The van der Waals surface area contributed by atoms with Crippen LogP contribution < -0.4 is 10.6 Å². The van der Waals surface area contributed by atoms with Crippen molar-refractivity contribution in [1.82, 2.24) is 15.5 Å². The topological polar surface area (TPSA) is 81.7 Å². The molecule has 6 nitrogen and oxygen atoms in total. The van der Waals surface area contributed by atoms with Crippen LogP contribution in [0.1, 0.15) is 19.3 Å². The molecule has 100 valence electrons. The number of carbonyl (C=O) groups excluding carboxylic acids is 2. The molecule has 0 spiro atoms. The van der Waals surface area contributed by atoms with Crippen molar-refractivity contribution < 1.29 is 14.7 Å². The second kappa shape index (κ2) is 10.0. The SMILES string of the molecule is CN(C)CCNC(=O)C(=O)NCCCCCO. The molecule has 0 radical (unpaired) electrons. The normalized spacial score (nSPS) is 10.4. The highest BCUT2D eigenvalue weighted by Gasteiger charge is 2.11. The Bertz CT molecular complexity index is 232. The zero-order valence-corrected chi connectivity index (χ0v) is 10.7. The van der Waals surface area contributed by atoms with Crippen molar-refractivity contribution in [3.05, 3.63) is 0 Å². The Hall–Kier alpha value is -1.14. The Kier molecular flexibility index (Phi) is 9.37. The highest BCUT2D eigenvalue weighted by molar-refractivity contribution is 6.35. The van der Waals surface area contributed by atoms with Gasteiger partial charge in [0.15, 0.2) is 0 Å². The predicted molar refractivity (Wildman–Crippen MR) is 65.5 cm³/mol. The van der Waals surface area contributed by atoms with E-state index >= 15 is 0 Å². The molecule has 0 saturated carbocycles.